The molecule has 24 heavy (non-hydrogen) atoms. The standard InChI is InChI=1S/C17H19N5O2/c1-11-4-5-13(16-20-12(2)10-24-16)8-14(11)21-17(23)19-9-15-18-6-7-22(15)3/h4-8,10H,9H2,1-3H3,(H2,19,21,23). The molecule has 2 aromatic heterocycles. The molecule has 3 rings (SSSR count). The molecule has 0 saturated heterocycles. The Morgan fingerprint density at radius 1 is 1.33 bits per heavy atom. The first-order chi connectivity index (χ1) is 11.5. The SMILES string of the molecule is Cc1coc(-c2ccc(C)c(NC(=O)NCc3nccn3C)c2)n1. The maximum absolute atomic E-state index is 12.1. The summed E-state index contributed by atoms with van der Waals surface area (Å²) in [5, 5.41) is 5.65. The largest absolute Gasteiger partial charge is 0.444 e. The van der Waals surface area contributed by atoms with E-state index in [0.717, 1.165) is 22.6 Å². The van der Waals surface area contributed by atoms with Crippen LogP contribution in [0.2, 0.25) is 0 Å². The normalized spacial score (nSPS) is 10.6. The Balaban J connectivity index is 1.70. The van der Waals surface area contributed by atoms with Crippen molar-refractivity contribution in [2.75, 3.05) is 5.32 Å². The average molecular weight is 325 g/mol. The summed E-state index contributed by atoms with van der Waals surface area (Å²) in [7, 11) is 1.88. The van der Waals surface area contributed by atoms with Crippen LogP contribution >= 0.6 is 0 Å². The number of aromatic nitrogens is 3. The molecule has 0 bridgehead atoms. The van der Waals surface area contributed by atoms with Crippen molar-refractivity contribution < 1.29 is 9.21 Å². The number of aryl methyl sites for hydroxylation is 3. The summed E-state index contributed by atoms with van der Waals surface area (Å²) >= 11 is 0. The van der Waals surface area contributed by atoms with Crippen LogP contribution in [0.15, 0.2) is 41.3 Å². The van der Waals surface area contributed by atoms with Crippen molar-refractivity contribution in [2.24, 2.45) is 7.05 Å². The molecule has 2 N–H and O–H groups in total. The van der Waals surface area contributed by atoms with E-state index >= 15 is 0 Å². The molecule has 0 spiro atoms. The number of carbonyl (C=O) groups is 1. The molecule has 3 aromatic rings. The highest BCUT2D eigenvalue weighted by Gasteiger charge is 2.10. The van der Waals surface area contributed by atoms with Crippen LogP contribution < -0.4 is 10.6 Å². The van der Waals surface area contributed by atoms with Crippen LogP contribution in [0.4, 0.5) is 10.5 Å². The van der Waals surface area contributed by atoms with Gasteiger partial charge in [0, 0.05) is 30.7 Å². The molecule has 7 nitrogen and oxygen atoms in total. The van der Waals surface area contributed by atoms with Crippen LogP contribution in [0.3, 0.4) is 0 Å². The quantitative estimate of drug-likeness (QED) is 0.772. The second kappa shape index (κ2) is 6.57. The van der Waals surface area contributed by atoms with E-state index in [-0.39, 0.29) is 6.03 Å². The number of urea groups is 1. The lowest BCUT2D eigenvalue weighted by molar-refractivity contribution is 0.251. The highest BCUT2D eigenvalue weighted by atomic mass is 16.3. The van der Waals surface area contributed by atoms with Crippen molar-refractivity contribution in [1.29, 1.82) is 0 Å². The fourth-order valence-corrected chi connectivity index (χ4v) is 2.27. The second-order valence-electron chi connectivity index (χ2n) is 5.59. The Bertz CT molecular complexity index is 866. The molecule has 0 aliphatic carbocycles. The highest BCUT2D eigenvalue weighted by molar-refractivity contribution is 5.90. The Morgan fingerprint density at radius 2 is 2.17 bits per heavy atom. The molecule has 0 atom stereocenters. The zero-order valence-corrected chi connectivity index (χ0v) is 13.8. The summed E-state index contributed by atoms with van der Waals surface area (Å²) < 4.78 is 7.27. The molecular weight excluding hydrogens is 306 g/mol. The van der Waals surface area contributed by atoms with E-state index in [0.29, 0.717) is 18.1 Å². The third kappa shape index (κ3) is 3.45. The second-order valence-corrected chi connectivity index (χ2v) is 5.59. The third-order valence-corrected chi connectivity index (χ3v) is 3.68. The maximum Gasteiger partial charge on any atom is 0.319 e. The van der Waals surface area contributed by atoms with Crippen molar-refractivity contribution in [3.05, 3.63) is 53.9 Å². The Hall–Kier alpha value is -3.09. The molecular formula is C17H19N5O2. The lowest BCUT2D eigenvalue weighted by atomic mass is 10.1. The van der Waals surface area contributed by atoms with Gasteiger partial charge in [0.25, 0.3) is 0 Å². The van der Waals surface area contributed by atoms with Crippen LogP contribution in [0, 0.1) is 13.8 Å². The Labute approximate surface area is 139 Å². The molecule has 0 aliphatic heterocycles. The summed E-state index contributed by atoms with van der Waals surface area (Å²) in [5.74, 6) is 1.31. The van der Waals surface area contributed by atoms with Gasteiger partial charge in [-0.15, -0.1) is 0 Å². The van der Waals surface area contributed by atoms with Gasteiger partial charge >= 0.3 is 6.03 Å². The van der Waals surface area contributed by atoms with Crippen LogP contribution in [0.25, 0.3) is 11.5 Å². The van der Waals surface area contributed by atoms with Gasteiger partial charge in [-0.2, -0.15) is 0 Å². The number of oxazole rings is 1. The fraction of sp³-hybridized carbons (Fsp3) is 0.235. The predicted octanol–water partition coefficient (Wildman–Crippen LogP) is 3.01. The first-order valence-corrected chi connectivity index (χ1v) is 7.57. The molecule has 124 valence electrons. The molecule has 7 heteroatoms. The first kappa shape index (κ1) is 15.8. The number of nitrogens with zero attached hydrogens (tertiary/aromatic N) is 3. The molecule has 0 unspecified atom stereocenters. The van der Waals surface area contributed by atoms with Gasteiger partial charge in [0.05, 0.1) is 12.2 Å². The van der Waals surface area contributed by atoms with Gasteiger partial charge in [-0.3, -0.25) is 0 Å². The van der Waals surface area contributed by atoms with E-state index in [9.17, 15) is 4.79 Å². The maximum atomic E-state index is 12.1. The number of hydrogen-bond donors (Lipinski definition) is 2. The van der Waals surface area contributed by atoms with E-state index in [2.05, 4.69) is 20.6 Å². The summed E-state index contributed by atoms with van der Waals surface area (Å²) in [5.41, 5.74) is 3.29. The minimum Gasteiger partial charge on any atom is -0.444 e. The van der Waals surface area contributed by atoms with Gasteiger partial charge in [-0.1, -0.05) is 6.07 Å². The van der Waals surface area contributed by atoms with Crippen molar-refractivity contribution in [3.8, 4) is 11.5 Å². The van der Waals surface area contributed by atoms with Gasteiger partial charge in [-0.05, 0) is 31.5 Å². The number of amides is 2. The van der Waals surface area contributed by atoms with Crippen LogP contribution in [0.1, 0.15) is 17.1 Å². The summed E-state index contributed by atoms with van der Waals surface area (Å²) in [6.07, 6.45) is 5.13. The number of anilines is 1. The van der Waals surface area contributed by atoms with Crippen LogP contribution in [0.5, 0.6) is 0 Å². The third-order valence-electron chi connectivity index (χ3n) is 3.68. The van der Waals surface area contributed by atoms with Crippen molar-refractivity contribution in [2.45, 2.75) is 20.4 Å². The lowest BCUT2D eigenvalue weighted by Gasteiger charge is -2.11. The van der Waals surface area contributed by atoms with Crippen LogP contribution in [-0.2, 0) is 13.6 Å². The zero-order chi connectivity index (χ0) is 17.1. The van der Waals surface area contributed by atoms with Gasteiger partial charge < -0.3 is 19.6 Å². The molecule has 1 aromatic carbocycles. The van der Waals surface area contributed by atoms with Crippen molar-refractivity contribution in [3.63, 3.8) is 0 Å². The van der Waals surface area contributed by atoms with Crippen LogP contribution in [-0.4, -0.2) is 20.6 Å². The number of nitrogens with one attached hydrogen (secondary N) is 2. The van der Waals surface area contributed by atoms with Gasteiger partial charge in [0.1, 0.15) is 12.1 Å². The number of imidazole rings is 1. The molecule has 0 saturated carbocycles. The topological polar surface area (TPSA) is 85.0 Å². The van der Waals surface area contributed by atoms with E-state index in [1.54, 1.807) is 12.5 Å². The molecule has 0 aliphatic rings. The average Bonchev–Trinajstić information content (AvgIpc) is 3.16. The summed E-state index contributed by atoms with van der Waals surface area (Å²) in [4.78, 5) is 20.6. The van der Waals surface area contributed by atoms with E-state index in [1.807, 2.05) is 49.9 Å². The summed E-state index contributed by atoms with van der Waals surface area (Å²) in [6.45, 7) is 4.15. The Kier molecular flexibility index (Phi) is 4.33. The minimum absolute atomic E-state index is 0.290. The van der Waals surface area contributed by atoms with Gasteiger partial charge in [-0.25, -0.2) is 14.8 Å². The fourth-order valence-electron chi connectivity index (χ4n) is 2.27. The van der Waals surface area contributed by atoms with E-state index < -0.39 is 0 Å². The number of carbonyl (C=O) groups excluding carboxylic acids is 1. The van der Waals surface area contributed by atoms with Crippen molar-refractivity contribution in [1.82, 2.24) is 19.9 Å². The lowest BCUT2D eigenvalue weighted by Crippen LogP contribution is -2.29. The minimum atomic E-state index is -0.290. The number of rotatable bonds is 4. The molecule has 2 heterocycles. The highest BCUT2D eigenvalue weighted by Crippen LogP contribution is 2.24. The monoisotopic (exact) mass is 325 g/mol. The molecule has 0 radical (unpaired) electrons. The zero-order valence-electron chi connectivity index (χ0n) is 13.8. The van der Waals surface area contributed by atoms with E-state index in [4.69, 9.17) is 4.42 Å². The molecule has 2 amide bonds. The van der Waals surface area contributed by atoms with Crippen molar-refractivity contribution >= 4 is 11.7 Å². The Morgan fingerprint density at radius 3 is 2.83 bits per heavy atom. The van der Waals surface area contributed by atoms with E-state index in [1.165, 1.54) is 0 Å². The van der Waals surface area contributed by atoms with Gasteiger partial charge in [0.2, 0.25) is 5.89 Å². The van der Waals surface area contributed by atoms with Gasteiger partial charge in [0.15, 0.2) is 0 Å². The first-order valence-electron chi connectivity index (χ1n) is 7.57. The smallest absolute Gasteiger partial charge is 0.319 e. The predicted molar refractivity (Wildman–Crippen MR) is 90.5 cm³/mol. The summed E-state index contributed by atoms with van der Waals surface area (Å²) in [6, 6.07) is 5.39. The number of benzene rings is 1. The number of hydrogen-bond acceptors (Lipinski definition) is 4. The molecule has 0 fully saturated rings.